The molecule has 1 aromatic heterocycles. The predicted octanol–water partition coefficient (Wildman–Crippen LogP) is 5.83. The molecule has 1 saturated carbocycles. The summed E-state index contributed by atoms with van der Waals surface area (Å²) in [6.45, 7) is 6.99. The van der Waals surface area contributed by atoms with E-state index in [2.05, 4.69) is 50.4 Å². The predicted molar refractivity (Wildman–Crippen MR) is 94.1 cm³/mol. The van der Waals surface area contributed by atoms with E-state index in [1.807, 2.05) is 11.3 Å². The fraction of sp³-hybridized carbons (Fsp3) is 0.579. The molecule has 0 spiro atoms. The zero-order valence-corrected chi connectivity index (χ0v) is 14.3. The summed E-state index contributed by atoms with van der Waals surface area (Å²) in [6, 6.07) is 9.87. The van der Waals surface area contributed by atoms with Crippen LogP contribution in [0.3, 0.4) is 0 Å². The van der Waals surface area contributed by atoms with E-state index in [-0.39, 0.29) is 0 Å². The van der Waals surface area contributed by atoms with Gasteiger partial charge in [-0.1, -0.05) is 37.5 Å². The van der Waals surface area contributed by atoms with Crippen LogP contribution in [-0.4, -0.2) is 6.04 Å². The summed E-state index contributed by atoms with van der Waals surface area (Å²) in [5, 5.41) is 5.31. The maximum Gasteiger partial charge on any atom is 0.0391 e. The van der Waals surface area contributed by atoms with Gasteiger partial charge in [0.1, 0.15) is 0 Å². The molecule has 1 aromatic carbocycles. The van der Waals surface area contributed by atoms with E-state index < -0.39 is 0 Å². The molecule has 3 rings (SSSR count). The lowest BCUT2D eigenvalue weighted by Gasteiger charge is -2.30. The molecule has 1 fully saturated rings. The summed E-state index contributed by atoms with van der Waals surface area (Å²) in [4.78, 5) is 1.51. The molecule has 1 unspecified atom stereocenters. The van der Waals surface area contributed by atoms with Gasteiger partial charge < -0.3 is 5.32 Å². The third-order valence-corrected chi connectivity index (χ3v) is 6.60. The quantitative estimate of drug-likeness (QED) is 0.749. The van der Waals surface area contributed by atoms with Crippen molar-refractivity contribution in [3.63, 3.8) is 0 Å². The number of thiophene rings is 1. The van der Waals surface area contributed by atoms with Crippen molar-refractivity contribution in [2.45, 2.75) is 65.0 Å². The molecule has 0 radical (unpaired) electrons. The molecule has 0 amide bonds. The van der Waals surface area contributed by atoms with Crippen molar-refractivity contribution in [1.82, 2.24) is 5.32 Å². The summed E-state index contributed by atoms with van der Waals surface area (Å²) in [5.41, 5.74) is 1.46. The molecule has 2 aromatic rings. The lowest BCUT2D eigenvalue weighted by molar-refractivity contribution is 0.269. The Morgan fingerprint density at radius 2 is 1.81 bits per heavy atom. The van der Waals surface area contributed by atoms with Crippen molar-refractivity contribution in [3.05, 3.63) is 34.7 Å². The van der Waals surface area contributed by atoms with E-state index in [1.54, 1.807) is 0 Å². The van der Waals surface area contributed by atoms with Crippen molar-refractivity contribution >= 4 is 21.4 Å². The van der Waals surface area contributed by atoms with Gasteiger partial charge in [0.05, 0.1) is 0 Å². The number of nitrogens with one attached hydrogen (secondary N) is 1. The number of rotatable bonds is 4. The van der Waals surface area contributed by atoms with E-state index in [4.69, 9.17) is 0 Å². The second kappa shape index (κ2) is 6.50. The van der Waals surface area contributed by atoms with Gasteiger partial charge in [-0.15, -0.1) is 11.3 Å². The van der Waals surface area contributed by atoms with Gasteiger partial charge in [-0.3, -0.25) is 0 Å². The Labute approximate surface area is 132 Å². The monoisotopic (exact) mass is 301 g/mol. The topological polar surface area (TPSA) is 12.0 Å². The average molecular weight is 301 g/mol. The number of aryl methyl sites for hydroxylation is 1. The normalized spacial score (nSPS) is 19.8. The zero-order chi connectivity index (χ0) is 14.8. The fourth-order valence-electron chi connectivity index (χ4n) is 3.85. The molecule has 0 aliphatic heterocycles. The third-order valence-electron chi connectivity index (χ3n) is 5.14. The maximum absolute atomic E-state index is 3.88. The highest BCUT2D eigenvalue weighted by Crippen LogP contribution is 2.35. The van der Waals surface area contributed by atoms with Crippen molar-refractivity contribution in [2.75, 3.05) is 0 Å². The van der Waals surface area contributed by atoms with Gasteiger partial charge >= 0.3 is 0 Å². The average Bonchev–Trinajstić information content (AvgIpc) is 2.86. The standard InChI is InChI=1S/C19H27NS/c1-13-17-11-7-8-12-18(17)21-19(13)15(3)20-14(2)16-9-5-4-6-10-16/h7-8,11-12,14-16,20H,4-6,9-10H2,1-3H3/t14-,15?/m0/s1. The number of hydrogen-bond acceptors (Lipinski definition) is 2. The van der Waals surface area contributed by atoms with E-state index in [0.717, 1.165) is 5.92 Å². The first-order chi connectivity index (χ1) is 10.2. The van der Waals surface area contributed by atoms with Crippen molar-refractivity contribution < 1.29 is 0 Å². The first kappa shape index (κ1) is 15.1. The van der Waals surface area contributed by atoms with E-state index in [9.17, 15) is 0 Å². The van der Waals surface area contributed by atoms with E-state index in [0.29, 0.717) is 12.1 Å². The van der Waals surface area contributed by atoms with E-state index >= 15 is 0 Å². The Balaban J connectivity index is 1.74. The summed E-state index contributed by atoms with van der Waals surface area (Å²) < 4.78 is 1.42. The number of fused-ring (bicyclic) bond motifs is 1. The smallest absolute Gasteiger partial charge is 0.0391 e. The van der Waals surface area contributed by atoms with Crippen LogP contribution < -0.4 is 5.32 Å². The summed E-state index contributed by atoms with van der Waals surface area (Å²) in [6.07, 6.45) is 7.10. The Hall–Kier alpha value is -0.860. The van der Waals surface area contributed by atoms with Crippen LogP contribution in [0.15, 0.2) is 24.3 Å². The van der Waals surface area contributed by atoms with Gasteiger partial charge in [0.15, 0.2) is 0 Å². The highest BCUT2D eigenvalue weighted by Gasteiger charge is 2.23. The highest BCUT2D eigenvalue weighted by molar-refractivity contribution is 7.19. The molecular weight excluding hydrogens is 274 g/mol. The lowest BCUT2D eigenvalue weighted by Crippen LogP contribution is -2.36. The second-order valence-corrected chi connectivity index (χ2v) is 7.75. The van der Waals surface area contributed by atoms with Crippen molar-refractivity contribution in [2.24, 2.45) is 5.92 Å². The first-order valence-corrected chi connectivity index (χ1v) is 9.22. The zero-order valence-electron chi connectivity index (χ0n) is 13.5. The molecule has 2 heteroatoms. The molecule has 1 nitrogen and oxygen atoms in total. The van der Waals surface area contributed by atoms with Gasteiger partial charge in [0.2, 0.25) is 0 Å². The minimum absolute atomic E-state index is 0.458. The minimum Gasteiger partial charge on any atom is -0.307 e. The molecule has 0 bridgehead atoms. The summed E-state index contributed by atoms with van der Waals surface area (Å²) in [7, 11) is 0. The van der Waals surface area contributed by atoms with Crippen LogP contribution >= 0.6 is 11.3 Å². The van der Waals surface area contributed by atoms with Crippen LogP contribution in [0.25, 0.3) is 10.1 Å². The molecule has 1 aliphatic carbocycles. The Morgan fingerprint density at radius 1 is 1.10 bits per heavy atom. The molecular formula is C19H27NS. The van der Waals surface area contributed by atoms with E-state index in [1.165, 1.54) is 52.6 Å². The SMILES string of the molecule is Cc1c(C(C)N[C@@H](C)C2CCCCC2)sc2ccccc12. The third kappa shape index (κ3) is 3.17. The number of benzene rings is 1. The largest absolute Gasteiger partial charge is 0.307 e. The minimum atomic E-state index is 0.458. The van der Waals surface area contributed by atoms with Gasteiger partial charge in [-0.05, 0) is 56.5 Å². The molecule has 0 saturated heterocycles. The fourth-order valence-corrected chi connectivity index (χ4v) is 5.07. The van der Waals surface area contributed by atoms with Crippen LogP contribution in [0.1, 0.15) is 62.4 Å². The summed E-state index contributed by atoms with van der Waals surface area (Å²) in [5.74, 6) is 0.871. The van der Waals surface area contributed by atoms with Crippen LogP contribution in [-0.2, 0) is 0 Å². The molecule has 1 N–H and O–H groups in total. The molecule has 21 heavy (non-hydrogen) atoms. The first-order valence-electron chi connectivity index (χ1n) is 8.41. The Kier molecular flexibility index (Phi) is 4.66. The maximum atomic E-state index is 3.88. The Morgan fingerprint density at radius 3 is 2.52 bits per heavy atom. The van der Waals surface area contributed by atoms with Gasteiger partial charge in [0, 0.05) is 21.7 Å². The van der Waals surface area contributed by atoms with Gasteiger partial charge in [0.25, 0.3) is 0 Å². The molecule has 1 aliphatic rings. The van der Waals surface area contributed by atoms with Crippen molar-refractivity contribution in [3.8, 4) is 0 Å². The van der Waals surface area contributed by atoms with Gasteiger partial charge in [-0.25, -0.2) is 0 Å². The highest BCUT2D eigenvalue weighted by atomic mass is 32.1. The van der Waals surface area contributed by atoms with Crippen LogP contribution in [0.2, 0.25) is 0 Å². The van der Waals surface area contributed by atoms with Gasteiger partial charge in [-0.2, -0.15) is 0 Å². The molecule has 114 valence electrons. The van der Waals surface area contributed by atoms with Crippen LogP contribution in [0.4, 0.5) is 0 Å². The molecule has 1 heterocycles. The second-order valence-electron chi connectivity index (χ2n) is 6.66. The van der Waals surface area contributed by atoms with Crippen molar-refractivity contribution in [1.29, 1.82) is 0 Å². The Bertz CT molecular complexity index is 595. The summed E-state index contributed by atoms with van der Waals surface area (Å²) >= 11 is 1.96. The van der Waals surface area contributed by atoms with Crippen LogP contribution in [0, 0.1) is 12.8 Å². The lowest BCUT2D eigenvalue weighted by atomic mass is 9.84. The van der Waals surface area contributed by atoms with Crippen LogP contribution in [0.5, 0.6) is 0 Å². The number of hydrogen-bond donors (Lipinski definition) is 1. The molecule has 2 atom stereocenters.